The van der Waals surface area contributed by atoms with E-state index >= 15 is 0 Å². The first kappa shape index (κ1) is 14.9. The maximum absolute atomic E-state index is 12.8. The van der Waals surface area contributed by atoms with Crippen molar-refractivity contribution in [1.82, 2.24) is 4.90 Å². The number of carbonyl (C=O) groups is 2. The van der Waals surface area contributed by atoms with Crippen LogP contribution in [0.2, 0.25) is 5.02 Å². The third-order valence-corrected chi connectivity index (χ3v) is 4.33. The fourth-order valence-electron chi connectivity index (χ4n) is 2.92. The van der Waals surface area contributed by atoms with Crippen LogP contribution in [0.3, 0.4) is 0 Å². The molecule has 114 valence electrons. The number of benzene rings is 2. The highest BCUT2D eigenvalue weighted by Crippen LogP contribution is 2.40. The van der Waals surface area contributed by atoms with Crippen molar-refractivity contribution in [2.45, 2.75) is 13.3 Å². The number of amides is 2. The predicted molar refractivity (Wildman–Crippen MR) is 88.9 cm³/mol. The zero-order valence-electron chi connectivity index (χ0n) is 12.8. The zero-order chi connectivity index (χ0) is 16.0. The van der Waals surface area contributed by atoms with Gasteiger partial charge in [-0.1, -0.05) is 30.7 Å². The highest BCUT2D eigenvalue weighted by atomic mass is 35.5. The maximum Gasteiger partial charge on any atom is 0.262 e. The van der Waals surface area contributed by atoms with Crippen LogP contribution in [0.15, 0.2) is 24.3 Å². The molecule has 0 saturated heterocycles. The highest BCUT2D eigenvalue weighted by molar-refractivity contribution is 6.41. The molecule has 2 aromatic carbocycles. The number of carbonyl (C=O) groups excluding carboxylic acids is 2. The van der Waals surface area contributed by atoms with Crippen molar-refractivity contribution >= 4 is 39.9 Å². The van der Waals surface area contributed by atoms with Crippen LogP contribution in [0.4, 0.5) is 5.69 Å². The van der Waals surface area contributed by atoms with Gasteiger partial charge in [0.15, 0.2) is 0 Å². The summed E-state index contributed by atoms with van der Waals surface area (Å²) < 4.78 is 0. The standard InChI is InChI=1S/C17H17ClN2O2/c1-4-8-20-16(21)11-7-5-6-10-9-12(19(2)3)15(18)14(13(10)11)17(20)22/h5-7,9H,4,8H2,1-3H3. The lowest BCUT2D eigenvalue weighted by atomic mass is 9.93. The molecule has 3 rings (SSSR count). The minimum Gasteiger partial charge on any atom is -0.376 e. The van der Waals surface area contributed by atoms with E-state index in [0.717, 1.165) is 11.1 Å². The molecule has 0 spiro atoms. The van der Waals surface area contributed by atoms with Gasteiger partial charge in [0.1, 0.15) is 0 Å². The Morgan fingerprint density at radius 3 is 2.55 bits per heavy atom. The number of hydrogen-bond acceptors (Lipinski definition) is 3. The van der Waals surface area contributed by atoms with E-state index in [2.05, 4.69) is 0 Å². The molecular weight excluding hydrogens is 300 g/mol. The fourth-order valence-corrected chi connectivity index (χ4v) is 3.32. The SMILES string of the molecule is CCCN1C(=O)c2cccc3cc(N(C)C)c(Cl)c(c23)C1=O. The van der Waals surface area contributed by atoms with Crippen molar-refractivity contribution in [3.8, 4) is 0 Å². The van der Waals surface area contributed by atoms with Gasteiger partial charge in [0.05, 0.1) is 16.3 Å². The molecule has 1 aliphatic heterocycles. The summed E-state index contributed by atoms with van der Waals surface area (Å²) >= 11 is 6.50. The van der Waals surface area contributed by atoms with Gasteiger partial charge in [-0.3, -0.25) is 14.5 Å². The van der Waals surface area contributed by atoms with Crippen molar-refractivity contribution in [2.24, 2.45) is 0 Å². The lowest BCUT2D eigenvalue weighted by Crippen LogP contribution is -2.41. The van der Waals surface area contributed by atoms with Gasteiger partial charge < -0.3 is 4.90 Å². The maximum atomic E-state index is 12.8. The number of nitrogens with zero attached hydrogens (tertiary/aromatic N) is 2. The van der Waals surface area contributed by atoms with Crippen molar-refractivity contribution in [3.63, 3.8) is 0 Å². The minimum atomic E-state index is -0.302. The van der Waals surface area contributed by atoms with Crippen LogP contribution in [0.25, 0.3) is 10.8 Å². The Kier molecular flexibility index (Phi) is 3.57. The molecule has 0 atom stereocenters. The highest BCUT2D eigenvalue weighted by Gasteiger charge is 2.34. The Morgan fingerprint density at radius 1 is 1.18 bits per heavy atom. The van der Waals surface area contributed by atoms with Crippen LogP contribution >= 0.6 is 11.6 Å². The summed E-state index contributed by atoms with van der Waals surface area (Å²) in [6.07, 6.45) is 0.716. The van der Waals surface area contributed by atoms with Gasteiger partial charge in [-0.05, 0) is 23.9 Å². The molecule has 2 amide bonds. The van der Waals surface area contributed by atoms with E-state index in [1.807, 2.05) is 44.1 Å². The smallest absolute Gasteiger partial charge is 0.262 e. The number of rotatable bonds is 3. The van der Waals surface area contributed by atoms with E-state index in [4.69, 9.17) is 11.6 Å². The summed E-state index contributed by atoms with van der Waals surface area (Å²) in [5, 5.41) is 1.93. The molecule has 5 heteroatoms. The van der Waals surface area contributed by atoms with Crippen molar-refractivity contribution < 1.29 is 9.59 Å². The first-order valence-electron chi connectivity index (χ1n) is 7.26. The monoisotopic (exact) mass is 316 g/mol. The molecular formula is C17H17ClN2O2. The van der Waals surface area contributed by atoms with E-state index in [1.165, 1.54) is 4.90 Å². The fraction of sp³-hybridized carbons (Fsp3) is 0.294. The topological polar surface area (TPSA) is 40.6 Å². The third kappa shape index (κ3) is 1.98. The molecule has 22 heavy (non-hydrogen) atoms. The van der Waals surface area contributed by atoms with Crippen LogP contribution in [-0.2, 0) is 0 Å². The summed E-state index contributed by atoms with van der Waals surface area (Å²) in [5.41, 5.74) is 1.76. The van der Waals surface area contributed by atoms with Crippen LogP contribution in [0, 0.1) is 0 Å². The van der Waals surface area contributed by atoms with E-state index in [0.29, 0.717) is 34.5 Å². The van der Waals surface area contributed by atoms with Crippen LogP contribution in [0.1, 0.15) is 34.1 Å². The summed E-state index contributed by atoms with van der Waals surface area (Å²) in [5.74, 6) is -0.539. The molecule has 0 bridgehead atoms. The second-order valence-electron chi connectivity index (χ2n) is 5.64. The Labute approximate surface area is 134 Å². The van der Waals surface area contributed by atoms with E-state index in [9.17, 15) is 9.59 Å². The summed E-state index contributed by atoms with van der Waals surface area (Å²) in [4.78, 5) is 28.6. The largest absolute Gasteiger partial charge is 0.376 e. The Morgan fingerprint density at radius 2 is 1.91 bits per heavy atom. The zero-order valence-corrected chi connectivity index (χ0v) is 13.6. The van der Waals surface area contributed by atoms with Crippen LogP contribution < -0.4 is 4.90 Å². The average molecular weight is 317 g/mol. The van der Waals surface area contributed by atoms with Gasteiger partial charge in [0.25, 0.3) is 11.8 Å². The summed E-state index contributed by atoms with van der Waals surface area (Å²) in [6.45, 7) is 2.34. The molecule has 0 radical (unpaired) electrons. The molecule has 0 aromatic heterocycles. The number of anilines is 1. The third-order valence-electron chi connectivity index (χ3n) is 3.95. The van der Waals surface area contributed by atoms with Crippen molar-refractivity contribution in [1.29, 1.82) is 0 Å². The Bertz CT molecular complexity index is 799. The first-order valence-corrected chi connectivity index (χ1v) is 7.64. The second-order valence-corrected chi connectivity index (χ2v) is 6.02. The molecule has 0 fully saturated rings. The molecule has 2 aromatic rings. The molecule has 4 nitrogen and oxygen atoms in total. The molecule has 1 aliphatic rings. The first-order chi connectivity index (χ1) is 10.5. The van der Waals surface area contributed by atoms with E-state index < -0.39 is 0 Å². The average Bonchev–Trinajstić information content (AvgIpc) is 2.49. The second kappa shape index (κ2) is 5.29. The van der Waals surface area contributed by atoms with Crippen molar-refractivity contribution in [2.75, 3.05) is 25.5 Å². The Balaban J connectivity index is 2.40. The molecule has 0 aliphatic carbocycles. The Hall–Kier alpha value is -2.07. The predicted octanol–water partition coefficient (Wildman–Crippen LogP) is 3.57. The molecule has 0 N–H and O–H groups in total. The number of halogens is 1. The van der Waals surface area contributed by atoms with Crippen molar-refractivity contribution in [3.05, 3.63) is 40.4 Å². The van der Waals surface area contributed by atoms with Crippen LogP contribution in [-0.4, -0.2) is 37.4 Å². The molecule has 0 unspecified atom stereocenters. The van der Waals surface area contributed by atoms with E-state index in [-0.39, 0.29) is 11.8 Å². The van der Waals surface area contributed by atoms with Gasteiger partial charge >= 0.3 is 0 Å². The summed E-state index contributed by atoms with van der Waals surface area (Å²) in [6, 6.07) is 7.42. The van der Waals surface area contributed by atoms with Gasteiger partial charge in [0, 0.05) is 31.6 Å². The van der Waals surface area contributed by atoms with Gasteiger partial charge in [-0.2, -0.15) is 0 Å². The lowest BCUT2D eigenvalue weighted by Gasteiger charge is -2.29. The van der Waals surface area contributed by atoms with Gasteiger partial charge in [-0.25, -0.2) is 0 Å². The number of imide groups is 1. The van der Waals surface area contributed by atoms with Gasteiger partial charge in [0.2, 0.25) is 0 Å². The molecule has 1 heterocycles. The lowest BCUT2D eigenvalue weighted by molar-refractivity contribution is 0.0611. The van der Waals surface area contributed by atoms with Gasteiger partial charge in [-0.15, -0.1) is 0 Å². The van der Waals surface area contributed by atoms with Crippen LogP contribution in [0.5, 0.6) is 0 Å². The van der Waals surface area contributed by atoms with E-state index in [1.54, 1.807) is 6.07 Å². The quantitative estimate of drug-likeness (QED) is 0.813. The normalized spacial score (nSPS) is 13.9. The minimum absolute atomic E-state index is 0.237. The number of hydrogen-bond donors (Lipinski definition) is 0. The summed E-state index contributed by atoms with van der Waals surface area (Å²) in [7, 11) is 3.76. The molecule has 0 saturated carbocycles.